The van der Waals surface area contributed by atoms with Gasteiger partial charge in [-0.3, -0.25) is 9.78 Å². The van der Waals surface area contributed by atoms with Crippen LogP contribution >= 0.6 is 0 Å². The zero-order valence-electron chi connectivity index (χ0n) is 16.0. The van der Waals surface area contributed by atoms with E-state index in [4.69, 9.17) is 0 Å². The summed E-state index contributed by atoms with van der Waals surface area (Å²) in [5.74, 6) is 0.448. The molecule has 1 amide bonds. The van der Waals surface area contributed by atoms with Gasteiger partial charge >= 0.3 is 0 Å². The summed E-state index contributed by atoms with van der Waals surface area (Å²) in [6.45, 7) is 3.75. The van der Waals surface area contributed by atoms with Crippen LogP contribution in [0.2, 0.25) is 0 Å². The maximum atomic E-state index is 13.0. The quantitative estimate of drug-likeness (QED) is 0.725. The van der Waals surface area contributed by atoms with Crippen molar-refractivity contribution in [3.8, 4) is 0 Å². The second-order valence-electron chi connectivity index (χ2n) is 6.87. The fourth-order valence-electron chi connectivity index (χ4n) is 3.35. The smallest absolute Gasteiger partial charge is 0.270 e. The number of pyridine rings is 2. The second kappa shape index (κ2) is 8.68. The molecule has 3 heterocycles. The van der Waals surface area contributed by atoms with Crippen molar-refractivity contribution in [2.45, 2.75) is 6.54 Å². The van der Waals surface area contributed by atoms with Crippen molar-refractivity contribution in [2.75, 3.05) is 36.0 Å². The first kappa shape index (κ1) is 18.9. The zero-order chi connectivity index (χ0) is 20.1. The monoisotopic (exact) mass is 391 g/mol. The number of aromatic nitrogens is 2. The Labute approximate surface area is 169 Å². The lowest BCUT2D eigenvalue weighted by Gasteiger charge is -2.36. The van der Waals surface area contributed by atoms with Crippen LogP contribution in [0.5, 0.6) is 0 Å². The van der Waals surface area contributed by atoms with Gasteiger partial charge in [-0.05, 0) is 42.0 Å². The van der Waals surface area contributed by atoms with Crippen LogP contribution in [0.1, 0.15) is 16.1 Å². The lowest BCUT2D eigenvalue weighted by Crippen LogP contribution is -2.46. The Bertz CT molecular complexity index is 956. The van der Waals surface area contributed by atoms with Crippen molar-refractivity contribution in [1.29, 1.82) is 0 Å². The predicted molar refractivity (Wildman–Crippen MR) is 110 cm³/mol. The van der Waals surface area contributed by atoms with Crippen LogP contribution in [0, 0.1) is 5.82 Å². The van der Waals surface area contributed by atoms with Crippen LogP contribution in [0.4, 0.5) is 15.9 Å². The number of amides is 1. The Balaban J connectivity index is 1.36. The van der Waals surface area contributed by atoms with Crippen LogP contribution < -0.4 is 15.1 Å². The molecular weight excluding hydrogens is 369 g/mol. The number of benzene rings is 1. The van der Waals surface area contributed by atoms with Gasteiger partial charge in [0.15, 0.2) is 0 Å². The highest BCUT2D eigenvalue weighted by molar-refractivity contribution is 5.93. The summed E-state index contributed by atoms with van der Waals surface area (Å²) in [7, 11) is 0. The second-order valence-corrected chi connectivity index (χ2v) is 6.87. The Morgan fingerprint density at radius 1 is 0.931 bits per heavy atom. The third-order valence-electron chi connectivity index (χ3n) is 4.96. The molecule has 1 aromatic carbocycles. The molecule has 4 rings (SSSR count). The van der Waals surface area contributed by atoms with Crippen LogP contribution in [0.3, 0.4) is 0 Å². The van der Waals surface area contributed by atoms with E-state index in [2.05, 4.69) is 25.1 Å². The lowest BCUT2D eigenvalue weighted by molar-refractivity contribution is 0.0946. The van der Waals surface area contributed by atoms with E-state index in [0.717, 1.165) is 43.2 Å². The molecule has 148 valence electrons. The van der Waals surface area contributed by atoms with Gasteiger partial charge in [-0.25, -0.2) is 9.37 Å². The third kappa shape index (κ3) is 4.68. The first-order valence-corrected chi connectivity index (χ1v) is 9.59. The molecule has 2 aromatic heterocycles. The van der Waals surface area contributed by atoms with E-state index >= 15 is 0 Å². The van der Waals surface area contributed by atoms with E-state index in [1.54, 1.807) is 24.5 Å². The Morgan fingerprint density at radius 3 is 2.41 bits per heavy atom. The van der Waals surface area contributed by atoms with Gasteiger partial charge in [-0.2, -0.15) is 0 Å². The zero-order valence-corrected chi connectivity index (χ0v) is 16.0. The lowest BCUT2D eigenvalue weighted by atomic mass is 10.2. The van der Waals surface area contributed by atoms with Gasteiger partial charge in [0.25, 0.3) is 5.91 Å². The molecule has 0 unspecified atom stereocenters. The molecule has 1 N–H and O–H groups in total. The van der Waals surface area contributed by atoms with Crippen molar-refractivity contribution in [3.63, 3.8) is 0 Å². The number of piperazine rings is 1. The number of nitrogens with one attached hydrogen (secondary N) is 1. The molecular formula is C22H22FN5O. The summed E-state index contributed by atoms with van der Waals surface area (Å²) < 4.78 is 13.0. The highest BCUT2D eigenvalue weighted by Gasteiger charge is 2.19. The highest BCUT2D eigenvalue weighted by Crippen LogP contribution is 2.19. The summed E-state index contributed by atoms with van der Waals surface area (Å²) in [4.78, 5) is 25.6. The SMILES string of the molecule is O=C(NCc1ccc(F)cc1)c1cc(N2CCN(c3ccccn3)CC2)ccn1. The number of carbonyl (C=O) groups excluding carboxylic acids is 1. The molecule has 1 aliphatic heterocycles. The molecule has 1 aliphatic rings. The van der Waals surface area contributed by atoms with E-state index in [0.29, 0.717) is 12.2 Å². The van der Waals surface area contributed by atoms with E-state index in [1.165, 1.54) is 12.1 Å². The van der Waals surface area contributed by atoms with Crippen LogP contribution in [-0.4, -0.2) is 42.1 Å². The standard InChI is InChI=1S/C22H22FN5O/c23-18-6-4-17(5-7-18)16-26-22(29)20-15-19(8-10-24-20)27-11-13-28(14-12-27)21-3-1-2-9-25-21/h1-10,15H,11-14,16H2,(H,26,29). The number of anilines is 2. The van der Waals surface area contributed by atoms with Gasteiger partial charge in [0.05, 0.1) is 0 Å². The minimum atomic E-state index is -0.294. The molecule has 0 atom stereocenters. The number of halogens is 1. The van der Waals surface area contributed by atoms with E-state index in [1.807, 2.05) is 30.3 Å². The maximum Gasteiger partial charge on any atom is 0.270 e. The Kier molecular flexibility index (Phi) is 5.65. The fourth-order valence-corrected chi connectivity index (χ4v) is 3.35. The largest absolute Gasteiger partial charge is 0.368 e. The summed E-state index contributed by atoms with van der Waals surface area (Å²) in [6, 6.07) is 15.7. The molecule has 3 aromatic rings. The van der Waals surface area contributed by atoms with Gasteiger partial charge in [0, 0.05) is 50.8 Å². The number of hydrogen-bond donors (Lipinski definition) is 1. The van der Waals surface area contributed by atoms with Crippen LogP contribution in [0.25, 0.3) is 0 Å². The Morgan fingerprint density at radius 2 is 1.69 bits per heavy atom. The third-order valence-corrected chi connectivity index (χ3v) is 4.96. The van der Waals surface area contributed by atoms with E-state index < -0.39 is 0 Å². The van der Waals surface area contributed by atoms with Crippen molar-refractivity contribution in [3.05, 3.63) is 84.1 Å². The normalized spacial score (nSPS) is 14.0. The predicted octanol–water partition coefficient (Wildman–Crippen LogP) is 2.87. The molecule has 0 spiro atoms. The molecule has 29 heavy (non-hydrogen) atoms. The number of hydrogen-bond acceptors (Lipinski definition) is 5. The summed E-state index contributed by atoms with van der Waals surface area (Å²) >= 11 is 0. The van der Waals surface area contributed by atoms with Crippen molar-refractivity contribution < 1.29 is 9.18 Å². The van der Waals surface area contributed by atoms with Gasteiger partial charge in [0.1, 0.15) is 17.3 Å². The average molecular weight is 391 g/mol. The molecule has 0 radical (unpaired) electrons. The number of carbonyl (C=O) groups is 1. The maximum absolute atomic E-state index is 13.0. The van der Waals surface area contributed by atoms with E-state index in [-0.39, 0.29) is 11.7 Å². The fraction of sp³-hybridized carbons (Fsp3) is 0.227. The van der Waals surface area contributed by atoms with Crippen LogP contribution in [0.15, 0.2) is 67.0 Å². The molecule has 1 fully saturated rings. The molecule has 1 saturated heterocycles. The molecule has 0 saturated carbocycles. The van der Waals surface area contributed by atoms with Crippen LogP contribution in [-0.2, 0) is 6.54 Å². The number of nitrogens with zero attached hydrogens (tertiary/aromatic N) is 4. The summed E-state index contributed by atoms with van der Waals surface area (Å²) in [5, 5.41) is 2.83. The van der Waals surface area contributed by atoms with Crippen molar-refractivity contribution in [2.24, 2.45) is 0 Å². The molecule has 6 nitrogen and oxygen atoms in total. The average Bonchev–Trinajstić information content (AvgIpc) is 2.79. The van der Waals surface area contributed by atoms with Crippen molar-refractivity contribution >= 4 is 17.4 Å². The Hall–Kier alpha value is -3.48. The van der Waals surface area contributed by atoms with Gasteiger partial charge < -0.3 is 15.1 Å². The number of rotatable bonds is 5. The van der Waals surface area contributed by atoms with Gasteiger partial charge in [-0.15, -0.1) is 0 Å². The van der Waals surface area contributed by atoms with Crippen molar-refractivity contribution in [1.82, 2.24) is 15.3 Å². The molecule has 0 aliphatic carbocycles. The van der Waals surface area contributed by atoms with E-state index in [9.17, 15) is 9.18 Å². The summed E-state index contributed by atoms with van der Waals surface area (Å²) in [6.07, 6.45) is 3.47. The first-order valence-electron chi connectivity index (χ1n) is 9.59. The minimum absolute atomic E-state index is 0.247. The highest BCUT2D eigenvalue weighted by atomic mass is 19.1. The summed E-state index contributed by atoms with van der Waals surface area (Å²) in [5.41, 5.74) is 2.19. The van der Waals surface area contributed by atoms with Gasteiger partial charge in [0.2, 0.25) is 0 Å². The minimum Gasteiger partial charge on any atom is -0.368 e. The molecule has 7 heteroatoms. The molecule has 0 bridgehead atoms. The topological polar surface area (TPSA) is 61.4 Å². The first-order chi connectivity index (χ1) is 14.2. The van der Waals surface area contributed by atoms with Gasteiger partial charge in [-0.1, -0.05) is 18.2 Å².